The molecule has 0 unspecified atom stereocenters. The minimum atomic E-state index is -2.69. The molecule has 1 saturated heterocycles. The molecule has 0 atom stereocenters. The number of nitrogens with two attached hydrogens (primary N) is 1. The molecule has 6 nitrogen and oxygen atoms in total. The van der Waals surface area contributed by atoms with E-state index in [0.29, 0.717) is 35.7 Å². The zero-order chi connectivity index (χ0) is 26.9. The van der Waals surface area contributed by atoms with Crippen LogP contribution in [0.1, 0.15) is 30.4 Å². The maximum atomic E-state index is 15.9. The van der Waals surface area contributed by atoms with Gasteiger partial charge in [-0.05, 0) is 41.7 Å². The molecule has 0 bridgehead atoms. The van der Waals surface area contributed by atoms with Crippen LogP contribution in [0.3, 0.4) is 0 Å². The molecule has 0 radical (unpaired) electrons. The Morgan fingerprint density at radius 3 is 2.84 bits per heavy atom. The number of aromatic amines is 1. The van der Waals surface area contributed by atoms with Crippen LogP contribution >= 0.6 is 11.3 Å². The molecule has 1 aliphatic rings. The number of nitrogens with one attached hydrogen (secondary N) is 1. The van der Waals surface area contributed by atoms with Crippen molar-refractivity contribution < 1.29 is 13.2 Å². The summed E-state index contributed by atoms with van der Waals surface area (Å²) in [5.74, 6) is -2.72. The number of likely N-dealkylation sites (tertiary alicyclic amines) is 1. The minimum absolute atomic E-state index is 0.116. The molecular weight excluding hydrogens is 509 g/mol. The molecule has 5 rings (SSSR count). The number of hydrogen-bond donors (Lipinski definition) is 2. The van der Waals surface area contributed by atoms with Crippen molar-refractivity contribution in [2.75, 3.05) is 25.4 Å². The van der Waals surface area contributed by atoms with Gasteiger partial charge in [0.1, 0.15) is 11.5 Å². The molecule has 3 N–H and O–H groups in total. The van der Waals surface area contributed by atoms with Gasteiger partial charge in [-0.15, -0.1) is 11.3 Å². The molecule has 0 aliphatic carbocycles. The molecule has 0 spiro atoms. The number of nitrogen functional groups attached to an aromatic ring is 1. The standard InChI is InChI=1S/C28H27F3N6S/c1-3-17(15-37-10-8-28(30,31)16-37)12-18(4-2)25-24(29)20(21(32)14-34-25)13-23-35-26-19(22-6-5-11-38-22)7-9-33-27(26)36-23/h3-7,9,11-12,14H,1,8,10,13,15-16,32H2,2H3,(H,33,35,36)/b17-12+,18-4+. The number of rotatable bonds is 8. The minimum Gasteiger partial charge on any atom is -0.397 e. The number of alkyl halides is 2. The van der Waals surface area contributed by atoms with E-state index in [0.717, 1.165) is 16.0 Å². The monoisotopic (exact) mass is 536 g/mol. The lowest BCUT2D eigenvalue weighted by Gasteiger charge is -2.17. The Bertz CT molecular complexity index is 1540. The number of allylic oxidation sites excluding steroid dienone is 3. The zero-order valence-electron chi connectivity index (χ0n) is 20.8. The number of imidazole rings is 1. The molecular formula is C28H27F3N6S. The van der Waals surface area contributed by atoms with Crippen molar-refractivity contribution in [2.45, 2.75) is 25.7 Å². The third-order valence-electron chi connectivity index (χ3n) is 6.57. The van der Waals surface area contributed by atoms with Gasteiger partial charge in [-0.1, -0.05) is 24.8 Å². The maximum absolute atomic E-state index is 15.9. The molecule has 1 aliphatic heterocycles. The molecule has 5 heterocycles. The van der Waals surface area contributed by atoms with E-state index in [2.05, 4.69) is 26.5 Å². The third kappa shape index (κ3) is 5.27. The summed E-state index contributed by atoms with van der Waals surface area (Å²) >= 11 is 1.61. The number of H-pyrrole nitrogens is 1. The molecule has 196 valence electrons. The Balaban J connectivity index is 1.44. The number of nitrogens with zero attached hydrogens (tertiary/aromatic N) is 4. The first-order chi connectivity index (χ1) is 18.3. The molecule has 38 heavy (non-hydrogen) atoms. The normalized spacial score (nSPS) is 16.4. The highest BCUT2D eigenvalue weighted by Crippen LogP contribution is 2.32. The van der Waals surface area contributed by atoms with Crippen LogP contribution in [0, 0.1) is 5.82 Å². The van der Waals surface area contributed by atoms with Crippen molar-refractivity contribution in [1.82, 2.24) is 24.8 Å². The van der Waals surface area contributed by atoms with Crippen LogP contribution in [-0.2, 0) is 6.42 Å². The van der Waals surface area contributed by atoms with Gasteiger partial charge in [0.25, 0.3) is 5.92 Å². The van der Waals surface area contributed by atoms with Crippen LogP contribution in [0.15, 0.2) is 66.4 Å². The van der Waals surface area contributed by atoms with E-state index in [4.69, 9.17) is 5.73 Å². The van der Waals surface area contributed by atoms with Gasteiger partial charge in [-0.25, -0.2) is 23.1 Å². The van der Waals surface area contributed by atoms with Gasteiger partial charge in [-0.3, -0.25) is 9.88 Å². The number of thiophene rings is 1. The lowest BCUT2D eigenvalue weighted by atomic mass is 10.0. The number of fused-ring (bicyclic) bond motifs is 1. The van der Waals surface area contributed by atoms with Gasteiger partial charge < -0.3 is 10.7 Å². The number of halogens is 3. The van der Waals surface area contributed by atoms with Crippen LogP contribution in [0.25, 0.3) is 27.2 Å². The summed E-state index contributed by atoms with van der Waals surface area (Å²) in [6, 6.07) is 5.91. The summed E-state index contributed by atoms with van der Waals surface area (Å²) in [4.78, 5) is 19.2. The van der Waals surface area contributed by atoms with E-state index in [1.54, 1.807) is 47.6 Å². The number of aromatic nitrogens is 4. The Morgan fingerprint density at radius 1 is 1.32 bits per heavy atom. The van der Waals surface area contributed by atoms with Gasteiger partial charge in [0.2, 0.25) is 0 Å². The Labute approximate surface area is 222 Å². The first kappa shape index (κ1) is 25.9. The van der Waals surface area contributed by atoms with Crippen LogP contribution < -0.4 is 5.73 Å². The summed E-state index contributed by atoms with van der Waals surface area (Å²) in [5, 5.41) is 2.00. The van der Waals surface area contributed by atoms with Crippen LogP contribution in [0.2, 0.25) is 0 Å². The maximum Gasteiger partial charge on any atom is 0.261 e. The van der Waals surface area contributed by atoms with Gasteiger partial charge in [0.05, 0.1) is 23.9 Å². The average Bonchev–Trinajstić information content (AvgIpc) is 3.64. The largest absolute Gasteiger partial charge is 0.397 e. The highest BCUT2D eigenvalue weighted by molar-refractivity contribution is 7.13. The van der Waals surface area contributed by atoms with Crippen molar-refractivity contribution in [2.24, 2.45) is 0 Å². The summed E-state index contributed by atoms with van der Waals surface area (Å²) in [6.45, 7) is 5.87. The van der Waals surface area contributed by atoms with E-state index >= 15 is 4.39 Å². The molecule has 0 saturated carbocycles. The van der Waals surface area contributed by atoms with Gasteiger partial charge in [0, 0.05) is 48.1 Å². The van der Waals surface area contributed by atoms with Crippen molar-refractivity contribution >= 4 is 33.8 Å². The SMILES string of the molecule is C=C/C(=C\C(=C/C)c1ncc(N)c(Cc2nc3nccc(-c4cccs4)c3[nH]2)c1F)CN1CCC(F)(F)C1. The fourth-order valence-corrected chi connectivity index (χ4v) is 5.38. The van der Waals surface area contributed by atoms with Crippen molar-refractivity contribution in [3.63, 3.8) is 0 Å². The highest BCUT2D eigenvalue weighted by Gasteiger charge is 2.38. The second-order valence-electron chi connectivity index (χ2n) is 9.23. The first-order valence-electron chi connectivity index (χ1n) is 12.2. The van der Waals surface area contributed by atoms with E-state index in [1.165, 1.54) is 6.20 Å². The zero-order valence-corrected chi connectivity index (χ0v) is 21.7. The predicted molar refractivity (Wildman–Crippen MR) is 147 cm³/mol. The molecule has 0 amide bonds. The fraction of sp³-hybridized carbons (Fsp3) is 0.250. The summed E-state index contributed by atoms with van der Waals surface area (Å²) in [7, 11) is 0. The Kier molecular flexibility index (Phi) is 7.18. The summed E-state index contributed by atoms with van der Waals surface area (Å²) < 4.78 is 43.1. The lowest BCUT2D eigenvalue weighted by Crippen LogP contribution is -2.26. The molecule has 10 heteroatoms. The van der Waals surface area contributed by atoms with E-state index in [-0.39, 0.29) is 36.3 Å². The second kappa shape index (κ2) is 10.5. The van der Waals surface area contributed by atoms with E-state index in [9.17, 15) is 8.78 Å². The molecule has 4 aromatic heterocycles. The third-order valence-corrected chi connectivity index (χ3v) is 7.47. The topological polar surface area (TPSA) is 83.7 Å². The second-order valence-corrected chi connectivity index (χ2v) is 10.2. The number of hydrogen-bond acceptors (Lipinski definition) is 6. The highest BCUT2D eigenvalue weighted by atomic mass is 32.1. The van der Waals surface area contributed by atoms with Crippen LogP contribution in [0.5, 0.6) is 0 Å². The van der Waals surface area contributed by atoms with Crippen molar-refractivity contribution in [3.05, 3.63) is 89.3 Å². The average molecular weight is 537 g/mol. The van der Waals surface area contributed by atoms with Gasteiger partial charge in [0.15, 0.2) is 11.5 Å². The molecule has 1 fully saturated rings. The number of pyridine rings is 2. The Hall–Kier alpha value is -3.76. The number of anilines is 1. The van der Waals surface area contributed by atoms with E-state index in [1.807, 2.05) is 23.6 Å². The van der Waals surface area contributed by atoms with Crippen LogP contribution in [-0.4, -0.2) is 50.4 Å². The summed E-state index contributed by atoms with van der Waals surface area (Å²) in [5.41, 5.74) is 10.2. The fourth-order valence-electron chi connectivity index (χ4n) is 4.62. The Morgan fingerprint density at radius 2 is 2.16 bits per heavy atom. The molecule has 0 aromatic carbocycles. The predicted octanol–water partition coefficient (Wildman–Crippen LogP) is 6.25. The smallest absolute Gasteiger partial charge is 0.261 e. The first-order valence-corrected chi connectivity index (χ1v) is 13.1. The van der Waals surface area contributed by atoms with E-state index < -0.39 is 11.7 Å². The molecule has 4 aromatic rings. The lowest BCUT2D eigenvalue weighted by molar-refractivity contribution is 0.0131. The van der Waals surface area contributed by atoms with Crippen LogP contribution in [0.4, 0.5) is 18.9 Å². The van der Waals surface area contributed by atoms with Gasteiger partial charge in [-0.2, -0.15) is 0 Å². The quantitative estimate of drug-likeness (QED) is 0.260. The van der Waals surface area contributed by atoms with Crippen molar-refractivity contribution in [1.29, 1.82) is 0 Å². The van der Waals surface area contributed by atoms with Gasteiger partial charge >= 0.3 is 0 Å². The summed E-state index contributed by atoms with van der Waals surface area (Å²) in [6.07, 6.45) is 8.13. The van der Waals surface area contributed by atoms with Crippen molar-refractivity contribution in [3.8, 4) is 10.4 Å².